The van der Waals surface area contributed by atoms with E-state index in [1.165, 1.54) is 0 Å². The molecule has 2 saturated heterocycles. The van der Waals surface area contributed by atoms with Gasteiger partial charge in [0, 0.05) is 44.1 Å². The zero-order valence-electron chi connectivity index (χ0n) is 10.8. The Morgan fingerprint density at radius 1 is 1.11 bits per heavy atom. The van der Waals surface area contributed by atoms with Crippen LogP contribution in [-0.4, -0.2) is 65.9 Å². The van der Waals surface area contributed by atoms with Crippen LogP contribution in [0.4, 0.5) is 0 Å². The van der Waals surface area contributed by atoms with Crippen molar-refractivity contribution < 1.29 is 4.79 Å². The minimum absolute atomic E-state index is 0.221. The topological polar surface area (TPSA) is 61.9 Å². The van der Waals surface area contributed by atoms with Crippen LogP contribution >= 0.6 is 11.8 Å². The second-order valence-corrected chi connectivity index (χ2v) is 5.90. The molecule has 6 heteroatoms. The van der Waals surface area contributed by atoms with Gasteiger partial charge in [-0.15, -0.1) is 0 Å². The summed E-state index contributed by atoms with van der Waals surface area (Å²) in [5, 5.41) is 0. The molecule has 2 rings (SSSR count). The van der Waals surface area contributed by atoms with Crippen LogP contribution in [0.1, 0.15) is 19.3 Å². The first-order chi connectivity index (χ1) is 8.77. The highest BCUT2D eigenvalue weighted by atomic mass is 32.2. The summed E-state index contributed by atoms with van der Waals surface area (Å²) in [6.45, 7) is 4.30. The van der Waals surface area contributed by atoms with Gasteiger partial charge in [-0.25, -0.2) is 0 Å². The van der Waals surface area contributed by atoms with Gasteiger partial charge >= 0.3 is 0 Å². The number of hydrogen-bond donors (Lipinski definition) is 1. The Hall–Kier alpha value is -0.910. The van der Waals surface area contributed by atoms with Crippen molar-refractivity contribution in [3.05, 3.63) is 0 Å². The van der Waals surface area contributed by atoms with Crippen molar-refractivity contribution in [2.45, 2.75) is 19.3 Å². The quantitative estimate of drug-likeness (QED) is 0.594. The van der Waals surface area contributed by atoms with Crippen LogP contribution in [0.5, 0.6) is 0 Å². The van der Waals surface area contributed by atoms with Crippen molar-refractivity contribution in [2.24, 2.45) is 10.7 Å². The number of hydrogen-bond acceptors (Lipinski definition) is 3. The molecule has 2 aliphatic rings. The van der Waals surface area contributed by atoms with E-state index in [1.807, 2.05) is 16.7 Å². The Labute approximate surface area is 113 Å². The lowest BCUT2D eigenvalue weighted by Crippen LogP contribution is -2.42. The molecule has 102 valence electrons. The van der Waals surface area contributed by atoms with E-state index in [0.29, 0.717) is 18.9 Å². The highest BCUT2D eigenvalue weighted by molar-refractivity contribution is 7.99. The fourth-order valence-corrected chi connectivity index (χ4v) is 3.19. The molecule has 0 bridgehead atoms. The predicted molar refractivity (Wildman–Crippen MR) is 75.8 cm³/mol. The molecule has 2 N–H and O–H groups in total. The summed E-state index contributed by atoms with van der Waals surface area (Å²) in [4.78, 5) is 20.2. The van der Waals surface area contributed by atoms with Gasteiger partial charge in [0.1, 0.15) is 0 Å². The van der Waals surface area contributed by atoms with E-state index >= 15 is 0 Å². The van der Waals surface area contributed by atoms with Crippen LogP contribution in [0.3, 0.4) is 0 Å². The molecule has 0 aromatic carbocycles. The second kappa shape index (κ2) is 6.87. The normalized spacial score (nSPS) is 21.4. The molecule has 2 fully saturated rings. The van der Waals surface area contributed by atoms with Crippen molar-refractivity contribution in [1.29, 1.82) is 0 Å². The Bertz CT molecular complexity index is 309. The van der Waals surface area contributed by atoms with E-state index in [-0.39, 0.29) is 5.91 Å². The van der Waals surface area contributed by atoms with Gasteiger partial charge in [0.25, 0.3) is 0 Å². The SMILES string of the molecule is NC(=NCCC(=O)N1CCCC1)N1CCSCC1. The number of guanidine groups is 1. The van der Waals surface area contributed by atoms with E-state index in [2.05, 4.69) is 9.89 Å². The fourth-order valence-electron chi connectivity index (χ4n) is 2.28. The largest absolute Gasteiger partial charge is 0.370 e. The van der Waals surface area contributed by atoms with Gasteiger partial charge in [-0.05, 0) is 12.8 Å². The molecule has 0 atom stereocenters. The van der Waals surface area contributed by atoms with E-state index in [1.54, 1.807) is 0 Å². The molecule has 0 aliphatic carbocycles. The van der Waals surface area contributed by atoms with Crippen LogP contribution < -0.4 is 5.73 Å². The first kappa shape index (κ1) is 13.5. The van der Waals surface area contributed by atoms with Crippen LogP contribution in [0.25, 0.3) is 0 Å². The third kappa shape index (κ3) is 3.80. The van der Waals surface area contributed by atoms with Gasteiger partial charge in [-0.2, -0.15) is 11.8 Å². The maximum absolute atomic E-state index is 11.8. The number of likely N-dealkylation sites (tertiary alicyclic amines) is 1. The molecule has 18 heavy (non-hydrogen) atoms. The van der Waals surface area contributed by atoms with Gasteiger partial charge in [0.15, 0.2) is 5.96 Å². The number of nitrogens with two attached hydrogens (primary N) is 1. The van der Waals surface area contributed by atoms with Crippen LogP contribution in [-0.2, 0) is 4.79 Å². The molecule has 1 amide bonds. The molecule has 2 aliphatic heterocycles. The van der Waals surface area contributed by atoms with E-state index in [0.717, 1.165) is 50.5 Å². The van der Waals surface area contributed by atoms with Gasteiger partial charge in [-0.1, -0.05) is 0 Å². The number of carbonyl (C=O) groups is 1. The smallest absolute Gasteiger partial charge is 0.224 e. The number of nitrogens with zero attached hydrogens (tertiary/aromatic N) is 3. The van der Waals surface area contributed by atoms with Crippen molar-refractivity contribution in [2.75, 3.05) is 44.2 Å². The van der Waals surface area contributed by atoms with Gasteiger partial charge < -0.3 is 15.5 Å². The van der Waals surface area contributed by atoms with Crippen molar-refractivity contribution in [1.82, 2.24) is 9.80 Å². The zero-order chi connectivity index (χ0) is 12.8. The average molecular weight is 270 g/mol. The number of carbonyl (C=O) groups excluding carboxylic acids is 1. The first-order valence-electron chi connectivity index (χ1n) is 6.68. The number of thioether (sulfide) groups is 1. The van der Waals surface area contributed by atoms with Crippen molar-refractivity contribution >= 4 is 23.6 Å². The summed E-state index contributed by atoms with van der Waals surface area (Å²) in [7, 11) is 0. The highest BCUT2D eigenvalue weighted by Gasteiger charge is 2.17. The zero-order valence-corrected chi connectivity index (χ0v) is 11.6. The Morgan fingerprint density at radius 3 is 2.44 bits per heavy atom. The summed E-state index contributed by atoms with van der Waals surface area (Å²) in [5.74, 6) is 3.05. The summed E-state index contributed by atoms with van der Waals surface area (Å²) in [6.07, 6.45) is 2.77. The highest BCUT2D eigenvalue weighted by Crippen LogP contribution is 2.10. The third-order valence-corrected chi connectivity index (χ3v) is 4.34. The maximum atomic E-state index is 11.8. The standard InChI is InChI=1S/C12H22N4OS/c13-12(16-7-9-18-10-8-16)14-4-3-11(17)15-5-1-2-6-15/h1-10H2,(H2,13,14). The maximum Gasteiger partial charge on any atom is 0.224 e. The molecule has 0 unspecified atom stereocenters. The molecular formula is C12H22N4OS. The monoisotopic (exact) mass is 270 g/mol. The Balaban J connectivity index is 1.70. The lowest BCUT2D eigenvalue weighted by Gasteiger charge is -2.27. The summed E-state index contributed by atoms with van der Waals surface area (Å²) < 4.78 is 0. The molecule has 5 nitrogen and oxygen atoms in total. The minimum Gasteiger partial charge on any atom is -0.370 e. The number of aliphatic imine (C=N–C) groups is 1. The van der Waals surface area contributed by atoms with Gasteiger partial charge in [0.05, 0.1) is 6.54 Å². The minimum atomic E-state index is 0.221. The molecule has 0 aromatic heterocycles. The molecule has 0 saturated carbocycles. The third-order valence-electron chi connectivity index (χ3n) is 3.39. The number of rotatable bonds is 3. The molecule has 0 spiro atoms. The van der Waals surface area contributed by atoms with Crippen LogP contribution in [0.15, 0.2) is 4.99 Å². The van der Waals surface area contributed by atoms with E-state index < -0.39 is 0 Å². The van der Waals surface area contributed by atoms with Crippen molar-refractivity contribution in [3.63, 3.8) is 0 Å². The van der Waals surface area contributed by atoms with E-state index in [9.17, 15) is 4.79 Å². The molecule has 2 heterocycles. The van der Waals surface area contributed by atoms with E-state index in [4.69, 9.17) is 5.73 Å². The van der Waals surface area contributed by atoms with Crippen LogP contribution in [0.2, 0.25) is 0 Å². The summed E-state index contributed by atoms with van der Waals surface area (Å²) >= 11 is 1.95. The van der Waals surface area contributed by atoms with Gasteiger partial charge in [0.2, 0.25) is 5.91 Å². The fraction of sp³-hybridized carbons (Fsp3) is 0.833. The number of amides is 1. The Morgan fingerprint density at radius 2 is 1.78 bits per heavy atom. The lowest BCUT2D eigenvalue weighted by atomic mass is 10.4. The predicted octanol–water partition coefficient (Wildman–Crippen LogP) is 0.362. The molecule has 0 aromatic rings. The first-order valence-corrected chi connectivity index (χ1v) is 7.83. The Kier molecular flexibility index (Phi) is 5.16. The summed E-state index contributed by atoms with van der Waals surface area (Å²) in [5.41, 5.74) is 5.93. The molecule has 0 radical (unpaired) electrons. The van der Waals surface area contributed by atoms with Crippen molar-refractivity contribution in [3.8, 4) is 0 Å². The molecular weight excluding hydrogens is 248 g/mol. The lowest BCUT2D eigenvalue weighted by molar-refractivity contribution is -0.129. The van der Waals surface area contributed by atoms with Gasteiger partial charge in [-0.3, -0.25) is 9.79 Å². The van der Waals surface area contributed by atoms with Crippen LogP contribution in [0, 0.1) is 0 Å². The summed E-state index contributed by atoms with van der Waals surface area (Å²) in [6, 6.07) is 0. The second-order valence-electron chi connectivity index (χ2n) is 4.68. The average Bonchev–Trinajstić information content (AvgIpc) is 2.93.